The highest BCUT2D eigenvalue weighted by molar-refractivity contribution is 5.36. The van der Waals surface area contributed by atoms with E-state index in [-0.39, 0.29) is 0 Å². The van der Waals surface area contributed by atoms with Crippen LogP contribution in [0.2, 0.25) is 0 Å². The lowest BCUT2D eigenvalue weighted by Gasteiger charge is -2.31. The Morgan fingerprint density at radius 2 is 2.11 bits per heavy atom. The summed E-state index contributed by atoms with van der Waals surface area (Å²) in [5.74, 6) is 1.93. The maximum atomic E-state index is 5.50. The van der Waals surface area contributed by atoms with Crippen LogP contribution in [0.3, 0.4) is 0 Å². The van der Waals surface area contributed by atoms with Crippen LogP contribution in [0.4, 0.5) is 0 Å². The van der Waals surface area contributed by atoms with Gasteiger partial charge in [-0.2, -0.15) is 0 Å². The highest BCUT2D eigenvalue weighted by Gasteiger charge is 2.24. The van der Waals surface area contributed by atoms with Crippen molar-refractivity contribution in [3.05, 3.63) is 29.8 Å². The Hall–Kier alpha value is -1.02. The second-order valence-electron chi connectivity index (χ2n) is 5.28. The fraction of sp³-hybridized carbons (Fsp3) is 0.625. The molecule has 0 heterocycles. The fourth-order valence-electron chi connectivity index (χ4n) is 2.65. The van der Waals surface area contributed by atoms with Gasteiger partial charge in [0.25, 0.3) is 0 Å². The van der Waals surface area contributed by atoms with Crippen LogP contribution in [-0.4, -0.2) is 13.7 Å². The molecule has 0 radical (unpaired) electrons. The minimum atomic E-state index is 0.450. The van der Waals surface area contributed by atoms with Crippen molar-refractivity contribution >= 4 is 0 Å². The SMILES string of the molecule is CCCNC(CC1CCC1)c1ccccc1OC. The number of para-hydroxylation sites is 1. The fourth-order valence-corrected chi connectivity index (χ4v) is 2.65. The molecule has 1 aromatic carbocycles. The van der Waals surface area contributed by atoms with Crippen molar-refractivity contribution < 1.29 is 4.74 Å². The third-order valence-electron chi connectivity index (χ3n) is 3.95. The molecule has 0 spiro atoms. The molecule has 1 N–H and O–H groups in total. The summed E-state index contributed by atoms with van der Waals surface area (Å²) in [5, 5.41) is 3.68. The lowest BCUT2D eigenvalue weighted by Crippen LogP contribution is -2.27. The number of nitrogens with one attached hydrogen (secondary N) is 1. The van der Waals surface area contributed by atoms with E-state index in [2.05, 4.69) is 30.4 Å². The molecule has 1 aliphatic carbocycles. The van der Waals surface area contributed by atoms with Crippen LogP contribution in [0.15, 0.2) is 24.3 Å². The maximum Gasteiger partial charge on any atom is 0.123 e. The summed E-state index contributed by atoms with van der Waals surface area (Å²) in [5.41, 5.74) is 1.32. The van der Waals surface area contributed by atoms with E-state index < -0.39 is 0 Å². The lowest BCUT2D eigenvalue weighted by atomic mass is 9.79. The zero-order chi connectivity index (χ0) is 12.8. The second kappa shape index (κ2) is 6.79. The summed E-state index contributed by atoms with van der Waals surface area (Å²) in [4.78, 5) is 0. The first-order valence-corrected chi connectivity index (χ1v) is 7.21. The Kier molecular flexibility index (Phi) is 5.06. The van der Waals surface area contributed by atoms with Gasteiger partial charge in [-0.1, -0.05) is 44.4 Å². The molecule has 1 unspecified atom stereocenters. The van der Waals surface area contributed by atoms with Gasteiger partial charge in [0.2, 0.25) is 0 Å². The molecule has 2 rings (SSSR count). The summed E-state index contributed by atoms with van der Waals surface area (Å²) in [6.07, 6.45) is 6.65. The van der Waals surface area contributed by atoms with E-state index in [4.69, 9.17) is 4.74 Å². The predicted octanol–water partition coefficient (Wildman–Crippen LogP) is 3.93. The maximum absolute atomic E-state index is 5.50. The van der Waals surface area contributed by atoms with Crippen molar-refractivity contribution in [2.24, 2.45) is 5.92 Å². The molecule has 1 aromatic rings. The molecule has 2 heteroatoms. The summed E-state index contributed by atoms with van der Waals surface area (Å²) < 4.78 is 5.50. The molecular formula is C16H25NO. The summed E-state index contributed by atoms with van der Waals surface area (Å²) in [6, 6.07) is 8.87. The van der Waals surface area contributed by atoms with Gasteiger partial charge in [0.15, 0.2) is 0 Å². The molecule has 2 nitrogen and oxygen atoms in total. The number of rotatable bonds is 7. The Morgan fingerprint density at radius 3 is 2.72 bits per heavy atom. The second-order valence-corrected chi connectivity index (χ2v) is 5.28. The Morgan fingerprint density at radius 1 is 1.33 bits per heavy atom. The molecular weight excluding hydrogens is 222 g/mol. The van der Waals surface area contributed by atoms with Crippen LogP contribution in [0.5, 0.6) is 5.75 Å². The Bertz CT molecular complexity index is 360. The zero-order valence-electron chi connectivity index (χ0n) is 11.6. The molecule has 0 aromatic heterocycles. The van der Waals surface area contributed by atoms with Crippen molar-refractivity contribution in [3.63, 3.8) is 0 Å². The molecule has 1 saturated carbocycles. The Labute approximate surface area is 111 Å². The van der Waals surface area contributed by atoms with Gasteiger partial charge in [0, 0.05) is 11.6 Å². The molecule has 1 aliphatic rings. The monoisotopic (exact) mass is 247 g/mol. The van der Waals surface area contributed by atoms with Gasteiger partial charge in [-0.15, -0.1) is 0 Å². The number of methoxy groups -OCH3 is 1. The van der Waals surface area contributed by atoms with Gasteiger partial charge < -0.3 is 10.1 Å². The van der Waals surface area contributed by atoms with Gasteiger partial charge in [-0.25, -0.2) is 0 Å². The first kappa shape index (κ1) is 13.4. The zero-order valence-corrected chi connectivity index (χ0v) is 11.6. The van der Waals surface area contributed by atoms with Gasteiger partial charge in [-0.3, -0.25) is 0 Å². The van der Waals surface area contributed by atoms with E-state index in [1.807, 2.05) is 6.07 Å². The van der Waals surface area contributed by atoms with Gasteiger partial charge in [0.1, 0.15) is 5.75 Å². The van der Waals surface area contributed by atoms with Crippen LogP contribution < -0.4 is 10.1 Å². The molecule has 0 saturated heterocycles. The standard InChI is InChI=1S/C16H25NO/c1-3-11-17-15(12-13-7-6-8-13)14-9-4-5-10-16(14)18-2/h4-5,9-10,13,15,17H,3,6-8,11-12H2,1-2H3. The normalized spacial score (nSPS) is 17.2. The molecule has 0 aliphatic heterocycles. The van der Waals surface area contributed by atoms with E-state index in [0.29, 0.717) is 6.04 Å². The van der Waals surface area contributed by atoms with E-state index in [1.54, 1.807) is 7.11 Å². The summed E-state index contributed by atoms with van der Waals surface area (Å²) in [7, 11) is 1.76. The summed E-state index contributed by atoms with van der Waals surface area (Å²) in [6.45, 7) is 3.30. The largest absolute Gasteiger partial charge is 0.496 e. The van der Waals surface area contributed by atoms with E-state index in [9.17, 15) is 0 Å². The van der Waals surface area contributed by atoms with Gasteiger partial charge >= 0.3 is 0 Å². The quantitative estimate of drug-likeness (QED) is 0.788. The first-order valence-electron chi connectivity index (χ1n) is 7.21. The summed E-state index contributed by atoms with van der Waals surface area (Å²) >= 11 is 0. The third kappa shape index (κ3) is 3.26. The van der Waals surface area contributed by atoms with Crippen LogP contribution in [0.25, 0.3) is 0 Å². The Balaban J connectivity index is 2.09. The highest BCUT2D eigenvalue weighted by Crippen LogP contribution is 2.37. The van der Waals surface area contributed by atoms with Crippen molar-refractivity contribution in [2.75, 3.05) is 13.7 Å². The van der Waals surface area contributed by atoms with Crippen LogP contribution >= 0.6 is 0 Å². The van der Waals surface area contributed by atoms with Crippen molar-refractivity contribution in [1.29, 1.82) is 0 Å². The van der Waals surface area contributed by atoms with Gasteiger partial charge in [0.05, 0.1) is 7.11 Å². The molecule has 0 bridgehead atoms. The average Bonchev–Trinajstić information content (AvgIpc) is 2.37. The van der Waals surface area contributed by atoms with E-state index >= 15 is 0 Å². The van der Waals surface area contributed by atoms with Crippen LogP contribution in [-0.2, 0) is 0 Å². The van der Waals surface area contributed by atoms with Crippen molar-refractivity contribution in [1.82, 2.24) is 5.32 Å². The molecule has 100 valence electrons. The first-order chi connectivity index (χ1) is 8.85. The van der Waals surface area contributed by atoms with Crippen molar-refractivity contribution in [2.45, 2.75) is 45.1 Å². The average molecular weight is 247 g/mol. The van der Waals surface area contributed by atoms with Gasteiger partial charge in [-0.05, 0) is 31.4 Å². The smallest absolute Gasteiger partial charge is 0.123 e. The third-order valence-corrected chi connectivity index (χ3v) is 3.95. The molecule has 0 amide bonds. The molecule has 18 heavy (non-hydrogen) atoms. The molecule has 1 atom stereocenters. The van der Waals surface area contributed by atoms with E-state index in [1.165, 1.54) is 37.7 Å². The van der Waals surface area contributed by atoms with E-state index in [0.717, 1.165) is 18.2 Å². The van der Waals surface area contributed by atoms with Crippen LogP contribution in [0, 0.1) is 5.92 Å². The minimum absolute atomic E-state index is 0.450. The topological polar surface area (TPSA) is 21.3 Å². The molecule has 1 fully saturated rings. The number of hydrogen-bond donors (Lipinski definition) is 1. The number of benzene rings is 1. The minimum Gasteiger partial charge on any atom is -0.496 e. The van der Waals surface area contributed by atoms with Crippen molar-refractivity contribution in [3.8, 4) is 5.75 Å². The number of ether oxygens (including phenoxy) is 1. The lowest BCUT2D eigenvalue weighted by molar-refractivity contribution is 0.258. The van der Waals surface area contributed by atoms with Crippen LogP contribution in [0.1, 0.15) is 50.6 Å². The number of hydrogen-bond acceptors (Lipinski definition) is 2. The highest BCUT2D eigenvalue weighted by atomic mass is 16.5. The predicted molar refractivity (Wildman–Crippen MR) is 76.0 cm³/mol.